The van der Waals surface area contributed by atoms with Gasteiger partial charge in [-0.05, 0) is 17.5 Å². The van der Waals surface area contributed by atoms with Crippen LogP contribution in [-0.4, -0.2) is 9.97 Å². The van der Waals surface area contributed by atoms with Gasteiger partial charge in [0.15, 0.2) is 5.52 Å². The van der Waals surface area contributed by atoms with E-state index in [0.29, 0.717) is 0 Å². The SMILES string of the molecule is Cc1ccccc1-c1c2cnccc2nc[n+]1C. The number of pyridine rings is 1. The Morgan fingerprint density at radius 3 is 2.78 bits per heavy atom. The molecule has 0 unspecified atom stereocenters. The minimum absolute atomic E-state index is 0.973. The first-order valence-corrected chi connectivity index (χ1v) is 5.92. The molecule has 18 heavy (non-hydrogen) atoms. The van der Waals surface area contributed by atoms with E-state index in [2.05, 4.69) is 41.2 Å². The highest BCUT2D eigenvalue weighted by Gasteiger charge is 2.15. The quantitative estimate of drug-likeness (QED) is 0.607. The summed E-state index contributed by atoms with van der Waals surface area (Å²) in [6.07, 6.45) is 5.51. The summed E-state index contributed by atoms with van der Waals surface area (Å²) in [5.41, 5.74) is 4.61. The van der Waals surface area contributed by atoms with Gasteiger partial charge in [0.25, 0.3) is 6.33 Å². The van der Waals surface area contributed by atoms with Gasteiger partial charge in [0.2, 0.25) is 0 Å². The number of aromatic nitrogens is 3. The van der Waals surface area contributed by atoms with Crippen molar-refractivity contribution in [1.29, 1.82) is 0 Å². The first-order chi connectivity index (χ1) is 8.77. The maximum atomic E-state index is 4.42. The van der Waals surface area contributed by atoms with Crippen molar-refractivity contribution in [2.45, 2.75) is 6.92 Å². The number of fused-ring (bicyclic) bond motifs is 1. The Balaban J connectivity index is 2.42. The summed E-state index contributed by atoms with van der Waals surface area (Å²) in [5.74, 6) is 0. The molecule has 0 aliphatic rings. The summed E-state index contributed by atoms with van der Waals surface area (Å²) >= 11 is 0. The molecular weight excluding hydrogens is 222 g/mol. The lowest BCUT2D eigenvalue weighted by Crippen LogP contribution is -2.31. The average Bonchev–Trinajstić information content (AvgIpc) is 2.40. The number of aryl methyl sites for hydroxylation is 2. The van der Waals surface area contributed by atoms with E-state index >= 15 is 0 Å². The Morgan fingerprint density at radius 2 is 1.94 bits per heavy atom. The molecule has 3 heteroatoms. The van der Waals surface area contributed by atoms with Gasteiger partial charge in [0.1, 0.15) is 5.69 Å². The van der Waals surface area contributed by atoms with Crippen LogP contribution in [0.5, 0.6) is 0 Å². The van der Waals surface area contributed by atoms with Crippen LogP contribution in [0.4, 0.5) is 0 Å². The molecular formula is C15H14N3+. The fourth-order valence-electron chi connectivity index (χ4n) is 2.25. The Bertz CT molecular complexity index is 720. The van der Waals surface area contributed by atoms with Gasteiger partial charge in [-0.15, -0.1) is 0 Å². The lowest BCUT2D eigenvalue weighted by atomic mass is 10.0. The Labute approximate surface area is 106 Å². The van der Waals surface area contributed by atoms with Crippen LogP contribution in [0, 0.1) is 6.92 Å². The maximum absolute atomic E-state index is 4.42. The monoisotopic (exact) mass is 236 g/mol. The third kappa shape index (κ3) is 1.64. The second-order valence-electron chi connectivity index (χ2n) is 4.41. The highest BCUT2D eigenvalue weighted by Crippen LogP contribution is 2.25. The van der Waals surface area contributed by atoms with Crippen LogP contribution < -0.4 is 4.57 Å². The van der Waals surface area contributed by atoms with E-state index in [4.69, 9.17) is 0 Å². The van der Waals surface area contributed by atoms with Crippen LogP contribution in [0.1, 0.15) is 5.56 Å². The molecule has 0 N–H and O–H groups in total. The molecule has 0 saturated carbocycles. The smallest absolute Gasteiger partial charge is 0.264 e. The minimum Gasteiger partial charge on any atom is -0.264 e. The third-order valence-electron chi connectivity index (χ3n) is 3.18. The van der Waals surface area contributed by atoms with Crippen LogP contribution in [0.2, 0.25) is 0 Å². The molecule has 3 aromatic rings. The van der Waals surface area contributed by atoms with Crippen LogP contribution in [0.3, 0.4) is 0 Å². The lowest BCUT2D eigenvalue weighted by molar-refractivity contribution is -0.662. The summed E-state index contributed by atoms with van der Waals surface area (Å²) in [6, 6.07) is 10.3. The Hall–Kier alpha value is -2.29. The summed E-state index contributed by atoms with van der Waals surface area (Å²) in [5, 5.41) is 1.08. The van der Waals surface area contributed by atoms with E-state index < -0.39 is 0 Å². The summed E-state index contributed by atoms with van der Waals surface area (Å²) in [4.78, 5) is 8.64. The summed E-state index contributed by atoms with van der Waals surface area (Å²) in [6.45, 7) is 2.12. The van der Waals surface area contributed by atoms with Crippen LogP contribution >= 0.6 is 0 Å². The van der Waals surface area contributed by atoms with Crippen LogP contribution in [-0.2, 0) is 7.05 Å². The topological polar surface area (TPSA) is 29.7 Å². The van der Waals surface area contributed by atoms with Crippen molar-refractivity contribution in [2.75, 3.05) is 0 Å². The molecule has 2 heterocycles. The fourth-order valence-corrected chi connectivity index (χ4v) is 2.25. The molecule has 0 bridgehead atoms. The van der Waals surface area contributed by atoms with E-state index in [9.17, 15) is 0 Å². The Morgan fingerprint density at radius 1 is 1.11 bits per heavy atom. The van der Waals surface area contributed by atoms with Crippen molar-refractivity contribution >= 4 is 10.9 Å². The van der Waals surface area contributed by atoms with E-state index in [-0.39, 0.29) is 0 Å². The Kier molecular flexibility index (Phi) is 2.52. The lowest BCUT2D eigenvalue weighted by Gasteiger charge is -2.07. The molecule has 88 valence electrons. The van der Waals surface area contributed by atoms with Crippen molar-refractivity contribution < 1.29 is 4.57 Å². The fraction of sp³-hybridized carbons (Fsp3) is 0.133. The molecule has 0 saturated heterocycles. The van der Waals surface area contributed by atoms with Gasteiger partial charge >= 0.3 is 0 Å². The van der Waals surface area contributed by atoms with Gasteiger partial charge in [0, 0.05) is 24.0 Å². The highest BCUT2D eigenvalue weighted by atomic mass is 15.0. The van der Waals surface area contributed by atoms with Gasteiger partial charge < -0.3 is 0 Å². The normalized spacial score (nSPS) is 10.8. The second-order valence-corrected chi connectivity index (χ2v) is 4.41. The molecule has 0 radical (unpaired) electrons. The molecule has 0 fully saturated rings. The van der Waals surface area contributed by atoms with Crippen LogP contribution in [0.25, 0.3) is 22.2 Å². The van der Waals surface area contributed by atoms with E-state index in [1.54, 1.807) is 6.20 Å². The predicted octanol–water partition coefficient (Wildman–Crippen LogP) is 2.43. The standard InChI is InChI=1S/C15H14N3/c1-11-5-3-4-6-12(11)15-13-9-16-8-7-14(13)17-10-18(15)2/h3-10H,1-2H3/q+1. The zero-order valence-corrected chi connectivity index (χ0v) is 10.5. The number of benzene rings is 1. The van der Waals surface area contributed by atoms with Gasteiger partial charge in [-0.2, -0.15) is 0 Å². The largest absolute Gasteiger partial charge is 0.287 e. The van der Waals surface area contributed by atoms with Gasteiger partial charge in [-0.3, -0.25) is 4.98 Å². The third-order valence-corrected chi connectivity index (χ3v) is 3.18. The molecule has 1 aromatic carbocycles. The van der Waals surface area contributed by atoms with E-state index in [1.807, 2.05) is 30.2 Å². The molecule has 0 aliphatic carbocycles. The first kappa shape index (κ1) is 10.8. The number of hydrogen-bond donors (Lipinski definition) is 0. The van der Waals surface area contributed by atoms with Gasteiger partial charge in [-0.25, -0.2) is 4.57 Å². The zero-order chi connectivity index (χ0) is 12.5. The molecule has 0 amide bonds. The number of nitrogens with zero attached hydrogens (tertiary/aromatic N) is 3. The maximum Gasteiger partial charge on any atom is 0.287 e. The van der Waals surface area contributed by atoms with Crippen molar-refractivity contribution in [1.82, 2.24) is 9.97 Å². The molecule has 2 aromatic heterocycles. The molecule has 0 aliphatic heterocycles. The van der Waals surface area contributed by atoms with E-state index in [1.165, 1.54) is 11.1 Å². The molecule has 3 nitrogen and oxygen atoms in total. The second kappa shape index (κ2) is 4.18. The summed E-state index contributed by atoms with van der Waals surface area (Å²) in [7, 11) is 2.02. The van der Waals surface area contributed by atoms with Gasteiger partial charge in [0.05, 0.1) is 12.4 Å². The number of rotatable bonds is 1. The number of hydrogen-bond acceptors (Lipinski definition) is 2. The average molecular weight is 236 g/mol. The van der Waals surface area contributed by atoms with Crippen molar-refractivity contribution in [3.05, 3.63) is 54.6 Å². The first-order valence-electron chi connectivity index (χ1n) is 5.92. The zero-order valence-electron chi connectivity index (χ0n) is 10.5. The molecule has 3 rings (SSSR count). The minimum atomic E-state index is 0.973. The van der Waals surface area contributed by atoms with Crippen LogP contribution in [0.15, 0.2) is 49.1 Å². The molecule has 0 spiro atoms. The highest BCUT2D eigenvalue weighted by molar-refractivity contribution is 5.90. The summed E-state index contributed by atoms with van der Waals surface area (Å²) < 4.78 is 2.05. The van der Waals surface area contributed by atoms with Crippen molar-refractivity contribution in [2.24, 2.45) is 7.05 Å². The van der Waals surface area contributed by atoms with Crippen molar-refractivity contribution in [3.63, 3.8) is 0 Å². The van der Waals surface area contributed by atoms with Gasteiger partial charge in [-0.1, -0.05) is 24.3 Å². The molecule has 0 atom stereocenters. The van der Waals surface area contributed by atoms with Crippen molar-refractivity contribution in [3.8, 4) is 11.3 Å². The van der Waals surface area contributed by atoms with E-state index in [0.717, 1.165) is 16.6 Å². The predicted molar refractivity (Wildman–Crippen MR) is 70.9 cm³/mol.